The van der Waals surface area contributed by atoms with Gasteiger partial charge in [-0.25, -0.2) is 14.6 Å². The number of aromatic nitrogens is 1. The predicted molar refractivity (Wildman–Crippen MR) is 107 cm³/mol. The molecule has 1 fully saturated rings. The highest BCUT2D eigenvalue weighted by molar-refractivity contribution is 5.89. The number of hydrogen-bond acceptors (Lipinski definition) is 6. The van der Waals surface area contributed by atoms with Crippen LogP contribution in [0.1, 0.15) is 12.0 Å². The van der Waals surface area contributed by atoms with Crippen molar-refractivity contribution < 1.29 is 29.3 Å². The molecule has 0 saturated carbocycles. The van der Waals surface area contributed by atoms with Gasteiger partial charge < -0.3 is 25.0 Å². The first kappa shape index (κ1) is 22.1. The van der Waals surface area contributed by atoms with Crippen molar-refractivity contribution in [3.63, 3.8) is 0 Å². The van der Waals surface area contributed by atoms with Crippen LogP contribution in [-0.4, -0.2) is 53.4 Å². The third kappa shape index (κ3) is 7.73. The summed E-state index contributed by atoms with van der Waals surface area (Å²) in [6.45, 7) is 2.63. The van der Waals surface area contributed by atoms with E-state index in [1.54, 1.807) is 7.11 Å². The van der Waals surface area contributed by atoms with Crippen molar-refractivity contribution in [3.8, 4) is 17.0 Å². The summed E-state index contributed by atoms with van der Waals surface area (Å²) in [5, 5.41) is 18.9. The first-order chi connectivity index (χ1) is 14.0. The molecular weight excluding hydrogens is 376 g/mol. The number of pyridine rings is 1. The highest BCUT2D eigenvalue weighted by Gasteiger charge is 2.15. The molecule has 0 aliphatic carbocycles. The van der Waals surface area contributed by atoms with E-state index in [9.17, 15) is 9.59 Å². The lowest BCUT2D eigenvalue weighted by atomic mass is 10.0. The maximum absolute atomic E-state index is 9.55. The number of carboxylic acids is 2. The summed E-state index contributed by atoms with van der Waals surface area (Å²) in [6.07, 6.45) is 4.37. The Morgan fingerprint density at radius 3 is 2.45 bits per heavy atom. The van der Waals surface area contributed by atoms with Crippen LogP contribution in [0.2, 0.25) is 0 Å². The molecule has 1 aromatic carbocycles. The van der Waals surface area contributed by atoms with Gasteiger partial charge in [0.25, 0.3) is 0 Å². The van der Waals surface area contributed by atoms with Crippen LogP contribution in [-0.2, 0) is 20.9 Å². The molecule has 1 aliphatic heterocycles. The van der Waals surface area contributed by atoms with Crippen LogP contribution < -0.4 is 10.1 Å². The molecule has 0 spiro atoms. The molecule has 3 rings (SSSR count). The summed E-state index contributed by atoms with van der Waals surface area (Å²) >= 11 is 0. The number of ether oxygens (including phenoxy) is 2. The number of carbonyl (C=O) groups is 2. The molecular formula is C21H24N2O6. The fourth-order valence-electron chi connectivity index (χ4n) is 2.71. The van der Waals surface area contributed by atoms with Crippen molar-refractivity contribution in [2.24, 2.45) is 0 Å². The van der Waals surface area contributed by atoms with Gasteiger partial charge in [0.2, 0.25) is 5.88 Å². The molecule has 0 unspecified atom stereocenters. The second-order valence-corrected chi connectivity index (χ2v) is 6.18. The Kier molecular flexibility index (Phi) is 8.81. The Morgan fingerprint density at radius 1 is 1.17 bits per heavy atom. The number of carboxylic acid groups (broad SMARTS) is 2. The van der Waals surface area contributed by atoms with Gasteiger partial charge in [0, 0.05) is 36.5 Å². The maximum atomic E-state index is 9.55. The zero-order valence-corrected chi connectivity index (χ0v) is 16.1. The fourth-order valence-corrected chi connectivity index (χ4v) is 2.71. The fraction of sp³-hybridized carbons (Fsp3) is 0.286. The molecule has 29 heavy (non-hydrogen) atoms. The second kappa shape index (κ2) is 11.6. The lowest BCUT2D eigenvalue weighted by Gasteiger charge is -2.14. The Hall–Kier alpha value is -3.23. The molecule has 1 saturated heterocycles. The molecule has 2 heterocycles. The molecule has 1 aliphatic rings. The van der Waals surface area contributed by atoms with Gasteiger partial charge in [-0.05, 0) is 30.2 Å². The number of rotatable bonds is 7. The first-order valence-corrected chi connectivity index (χ1v) is 9.04. The van der Waals surface area contributed by atoms with Gasteiger partial charge in [0.05, 0.1) is 19.8 Å². The lowest BCUT2D eigenvalue weighted by molar-refractivity contribution is -0.134. The summed E-state index contributed by atoms with van der Waals surface area (Å²) in [4.78, 5) is 23.4. The zero-order valence-electron chi connectivity index (χ0n) is 16.1. The van der Waals surface area contributed by atoms with E-state index < -0.39 is 11.9 Å². The van der Waals surface area contributed by atoms with Crippen molar-refractivity contribution in [2.75, 3.05) is 20.2 Å². The average molecular weight is 400 g/mol. The molecule has 0 radical (unpaired) electrons. The molecule has 1 atom stereocenters. The van der Waals surface area contributed by atoms with E-state index >= 15 is 0 Å². The lowest BCUT2D eigenvalue weighted by Crippen LogP contribution is -2.16. The van der Waals surface area contributed by atoms with Crippen LogP contribution >= 0.6 is 0 Å². The highest BCUT2D eigenvalue weighted by atomic mass is 16.5. The van der Waals surface area contributed by atoms with Gasteiger partial charge in [0.15, 0.2) is 0 Å². The summed E-state index contributed by atoms with van der Waals surface area (Å²) in [5.41, 5.74) is 3.44. The van der Waals surface area contributed by atoms with Crippen molar-refractivity contribution >= 4 is 11.9 Å². The van der Waals surface area contributed by atoms with E-state index in [0.29, 0.717) is 30.7 Å². The molecule has 154 valence electrons. The summed E-state index contributed by atoms with van der Waals surface area (Å²) < 4.78 is 11.1. The Balaban J connectivity index is 0.000000321. The topological polar surface area (TPSA) is 118 Å². The zero-order chi connectivity index (χ0) is 21.1. The maximum Gasteiger partial charge on any atom is 0.328 e. The molecule has 8 heteroatoms. The minimum Gasteiger partial charge on any atom is -0.481 e. The predicted octanol–water partition coefficient (Wildman–Crippen LogP) is 2.35. The molecule has 1 aromatic heterocycles. The quantitative estimate of drug-likeness (QED) is 0.606. The van der Waals surface area contributed by atoms with Crippen LogP contribution in [0.4, 0.5) is 0 Å². The summed E-state index contributed by atoms with van der Waals surface area (Å²) in [7, 11) is 1.62. The van der Waals surface area contributed by atoms with E-state index in [2.05, 4.69) is 22.4 Å². The van der Waals surface area contributed by atoms with Gasteiger partial charge in [-0.15, -0.1) is 0 Å². The minimum atomic E-state index is -1.26. The van der Waals surface area contributed by atoms with Gasteiger partial charge in [-0.3, -0.25) is 0 Å². The van der Waals surface area contributed by atoms with E-state index in [1.807, 2.05) is 30.5 Å². The minimum absolute atomic E-state index is 0.326. The number of hydrogen-bond donors (Lipinski definition) is 3. The summed E-state index contributed by atoms with van der Waals surface area (Å²) in [5.74, 6) is -1.88. The van der Waals surface area contributed by atoms with Crippen LogP contribution in [0, 0.1) is 0 Å². The van der Waals surface area contributed by atoms with Crippen LogP contribution in [0.25, 0.3) is 11.1 Å². The van der Waals surface area contributed by atoms with E-state index in [-0.39, 0.29) is 0 Å². The van der Waals surface area contributed by atoms with Crippen LogP contribution in [0.15, 0.2) is 54.7 Å². The van der Waals surface area contributed by atoms with Crippen molar-refractivity contribution in [1.82, 2.24) is 10.3 Å². The number of nitrogens with zero attached hydrogens (tertiary/aromatic N) is 1. The highest BCUT2D eigenvalue weighted by Crippen LogP contribution is 2.25. The normalized spacial score (nSPS) is 15.6. The molecule has 0 bridgehead atoms. The molecule has 8 nitrogen and oxygen atoms in total. The molecule has 0 amide bonds. The molecule has 2 aromatic rings. The van der Waals surface area contributed by atoms with E-state index in [0.717, 1.165) is 25.1 Å². The van der Waals surface area contributed by atoms with E-state index in [1.165, 1.54) is 11.1 Å². The van der Waals surface area contributed by atoms with Crippen molar-refractivity contribution in [3.05, 3.63) is 60.3 Å². The third-order valence-corrected chi connectivity index (χ3v) is 4.13. The third-order valence-electron chi connectivity index (χ3n) is 4.13. The number of methoxy groups -OCH3 is 1. The van der Waals surface area contributed by atoms with Gasteiger partial charge in [-0.2, -0.15) is 0 Å². The number of aliphatic carboxylic acids is 2. The standard InChI is InChI=1S/C17H20N2O2.C4H4O4/c1-20-17-7-6-13(10-19-17)16-5-3-2-4-14(16)12-21-15-8-9-18-11-15;5-3(6)1-2-4(7)8/h2-7,10,15,18H,8-9,11-12H2,1H3;1-2H,(H,5,6)(H,7,8)/b;2-1+/t15-;/m0./s1. The largest absolute Gasteiger partial charge is 0.481 e. The SMILES string of the molecule is COc1ccc(-c2ccccc2CO[C@H]2CCNC2)cn1.O=C(O)/C=C/C(=O)O. The second-order valence-electron chi connectivity index (χ2n) is 6.18. The van der Waals surface area contributed by atoms with Gasteiger partial charge in [0.1, 0.15) is 0 Å². The molecule has 3 N–H and O–H groups in total. The van der Waals surface area contributed by atoms with Gasteiger partial charge in [-0.1, -0.05) is 24.3 Å². The van der Waals surface area contributed by atoms with E-state index in [4.69, 9.17) is 19.7 Å². The summed E-state index contributed by atoms with van der Waals surface area (Å²) in [6, 6.07) is 12.2. The van der Waals surface area contributed by atoms with Crippen LogP contribution in [0.3, 0.4) is 0 Å². The number of nitrogens with one attached hydrogen (secondary N) is 1. The Bertz CT molecular complexity index is 813. The number of benzene rings is 1. The van der Waals surface area contributed by atoms with Crippen molar-refractivity contribution in [2.45, 2.75) is 19.1 Å². The first-order valence-electron chi connectivity index (χ1n) is 9.04. The van der Waals surface area contributed by atoms with Gasteiger partial charge >= 0.3 is 11.9 Å². The Morgan fingerprint density at radius 2 is 1.90 bits per heavy atom. The average Bonchev–Trinajstić information content (AvgIpc) is 3.25. The van der Waals surface area contributed by atoms with Crippen molar-refractivity contribution in [1.29, 1.82) is 0 Å². The Labute approximate surface area is 168 Å². The monoisotopic (exact) mass is 400 g/mol. The van der Waals surface area contributed by atoms with Crippen LogP contribution in [0.5, 0.6) is 5.88 Å². The smallest absolute Gasteiger partial charge is 0.328 e.